The minimum absolute atomic E-state index is 0.0215. The van der Waals surface area contributed by atoms with E-state index in [1.807, 2.05) is 36.5 Å². The van der Waals surface area contributed by atoms with Crippen molar-refractivity contribution in [2.75, 3.05) is 27.7 Å². The molecule has 1 N–H and O–H groups in total. The Hall–Kier alpha value is -2.83. The van der Waals surface area contributed by atoms with Crippen molar-refractivity contribution >= 4 is 11.9 Å². The number of benzene rings is 1. The first-order valence-corrected chi connectivity index (χ1v) is 7.25. The van der Waals surface area contributed by atoms with E-state index in [9.17, 15) is 9.59 Å². The molecule has 0 aliphatic rings. The Bertz CT molecular complexity index is 667. The molecule has 0 bridgehead atoms. The number of carbonyl (C=O) groups excluding carboxylic acids is 2. The van der Waals surface area contributed by atoms with E-state index in [4.69, 9.17) is 0 Å². The molecular weight excluding hydrogens is 294 g/mol. The molecule has 0 spiro atoms. The summed E-state index contributed by atoms with van der Waals surface area (Å²) in [5.41, 5.74) is 1.93. The minimum Gasteiger partial charge on any atom is -0.340 e. The zero-order valence-corrected chi connectivity index (χ0v) is 13.6. The van der Waals surface area contributed by atoms with Gasteiger partial charge in [0.1, 0.15) is 0 Å². The average Bonchev–Trinajstić information content (AvgIpc) is 3.06. The second-order valence-electron chi connectivity index (χ2n) is 5.42. The number of nitrogens with one attached hydrogen (secondary N) is 1. The van der Waals surface area contributed by atoms with Crippen LogP contribution in [0.25, 0.3) is 5.69 Å². The van der Waals surface area contributed by atoms with Gasteiger partial charge >= 0.3 is 6.03 Å². The summed E-state index contributed by atoms with van der Waals surface area (Å²) in [6, 6.07) is 9.39. The molecular formula is C16H21N5O2. The highest BCUT2D eigenvalue weighted by atomic mass is 16.2. The van der Waals surface area contributed by atoms with Gasteiger partial charge in [0.2, 0.25) is 5.91 Å². The lowest BCUT2D eigenvalue weighted by atomic mass is 10.2. The second-order valence-corrected chi connectivity index (χ2v) is 5.42. The van der Waals surface area contributed by atoms with Crippen LogP contribution in [0.1, 0.15) is 5.56 Å². The lowest BCUT2D eigenvalue weighted by Gasteiger charge is -2.19. The normalized spacial score (nSPS) is 10.2. The molecule has 0 unspecified atom stereocenters. The maximum atomic E-state index is 12.1. The van der Waals surface area contributed by atoms with Crippen LogP contribution in [-0.4, -0.2) is 59.2 Å². The molecule has 23 heavy (non-hydrogen) atoms. The summed E-state index contributed by atoms with van der Waals surface area (Å²) >= 11 is 0. The van der Waals surface area contributed by atoms with Gasteiger partial charge in [-0.1, -0.05) is 12.1 Å². The molecule has 0 radical (unpaired) electrons. The number of rotatable bonds is 5. The number of aromatic nitrogens is 2. The van der Waals surface area contributed by atoms with Crippen LogP contribution in [0.3, 0.4) is 0 Å². The van der Waals surface area contributed by atoms with Crippen molar-refractivity contribution in [1.82, 2.24) is 24.9 Å². The number of carbonyl (C=O) groups is 2. The molecule has 122 valence electrons. The van der Waals surface area contributed by atoms with Crippen molar-refractivity contribution in [1.29, 1.82) is 0 Å². The van der Waals surface area contributed by atoms with E-state index >= 15 is 0 Å². The van der Waals surface area contributed by atoms with E-state index in [0.717, 1.165) is 11.3 Å². The first-order valence-electron chi connectivity index (χ1n) is 7.25. The molecule has 0 aliphatic heterocycles. The van der Waals surface area contributed by atoms with Crippen LogP contribution in [-0.2, 0) is 11.3 Å². The van der Waals surface area contributed by atoms with Crippen molar-refractivity contribution in [3.8, 4) is 5.69 Å². The molecule has 1 aromatic heterocycles. The zero-order chi connectivity index (χ0) is 16.8. The van der Waals surface area contributed by atoms with Gasteiger partial charge in [0.25, 0.3) is 0 Å². The Balaban J connectivity index is 1.95. The van der Waals surface area contributed by atoms with Crippen LogP contribution in [0, 0.1) is 0 Å². The van der Waals surface area contributed by atoms with Crippen LogP contribution in [0.5, 0.6) is 0 Å². The average molecular weight is 315 g/mol. The predicted octanol–water partition coefficient (Wildman–Crippen LogP) is 1.10. The number of urea groups is 1. The molecule has 0 fully saturated rings. The van der Waals surface area contributed by atoms with Gasteiger partial charge in [-0.05, 0) is 23.8 Å². The Morgan fingerprint density at radius 3 is 2.65 bits per heavy atom. The summed E-state index contributed by atoms with van der Waals surface area (Å²) in [5.74, 6) is -0.148. The molecule has 0 saturated heterocycles. The summed E-state index contributed by atoms with van der Waals surface area (Å²) in [6.07, 6.45) is 3.58. The van der Waals surface area contributed by atoms with E-state index in [2.05, 4.69) is 10.4 Å². The summed E-state index contributed by atoms with van der Waals surface area (Å²) in [4.78, 5) is 26.5. The van der Waals surface area contributed by atoms with Gasteiger partial charge in [0.15, 0.2) is 0 Å². The summed E-state index contributed by atoms with van der Waals surface area (Å²) in [5, 5.41) is 6.76. The highest BCUT2D eigenvalue weighted by molar-refractivity contribution is 5.83. The standard InChI is InChI=1S/C16H21N5O2/c1-19(2)16(23)17-11-15(22)20(3)12-13-6-4-7-14(10-13)21-9-5-8-18-21/h4-10H,11-12H2,1-3H3,(H,17,23). The molecule has 7 nitrogen and oxygen atoms in total. The highest BCUT2D eigenvalue weighted by Gasteiger charge is 2.12. The maximum Gasteiger partial charge on any atom is 0.317 e. The topological polar surface area (TPSA) is 70.5 Å². The van der Waals surface area contributed by atoms with Crippen LogP contribution >= 0.6 is 0 Å². The SMILES string of the molecule is CN(C)C(=O)NCC(=O)N(C)Cc1cccc(-n2cccn2)c1. The van der Waals surface area contributed by atoms with Crippen molar-refractivity contribution in [3.05, 3.63) is 48.3 Å². The first kappa shape index (κ1) is 16.5. The molecule has 2 aromatic rings. The summed E-state index contributed by atoms with van der Waals surface area (Å²) < 4.78 is 1.77. The minimum atomic E-state index is -0.285. The maximum absolute atomic E-state index is 12.1. The van der Waals surface area contributed by atoms with Crippen molar-refractivity contribution in [2.24, 2.45) is 0 Å². The molecule has 0 atom stereocenters. The third-order valence-electron chi connectivity index (χ3n) is 3.32. The quantitative estimate of drug-likeness (QED) is 0.898. The molecule has 1 heterocycles. The second kappa shape index (κ2) is 7.44. The third-order valence-corrected chi connectivity index (χ3v) is 3.32. The van der Waals surface area contributed by atoms with Crippen LogP contribution < -0.4 is 5.32 Å². The van der Waals surface area contributed by atoms with Gasteiger partial charge in [-0.3, -0.25) is 4.79 Å². The van der Waals surface area contributed by atoms with Gasteiger partial charge in [-0.25, -0.2) is 9.48 Å². The lowest BCUT2D eigenvalue weighted by molar-refractivity contribution is -0.129. The Morgan fingerprint density at radius 1 is 1.22 bits per heavy atom. The van der Waals surface area contributed by atoms with Crippen molar-refractivity contribution < 1.29 is 9.59 Å². The van der Waals surface area contributed by atoms with Gasteiger partial charge in [0.05, 0.1) is 12.2 Å². The fourth-order valence-electron chi connectivity index (χ4n) is 2.03. The molecule has 7 heteroatoms. The first-order chi connectivity index (χ1) is 11.0. The van der Waals surface area contributed by atoms with Gasteiger partial charge in [-0.15, -0.1) is 0 Å². The number of likely N-dealkylation sites (N-methyl/N-ethyl adjacent to an activating group) is 1. The predicted molar refractivity (Wildman–Crippen MR) is 87.1 cm³/mol. The van der Waals surface area contributed by atoms with Crippen molar-refractivity contribution in [3.63, 3.8) is 0 Å². The molecule has 2 rings (SSSR count). The number of hydrogen-bond acceptors (Lipinski definition) is 3. The monoisotopic (exact) mass is 315 g/mol. The molecule has 0 aliphatic carbocycles. The van der Waals surface area contributed by atoms with E-state index in [0.29, 0.717) is 6.54 Å². The van der Waals surface area contributed by atoms with Crippen LogP contribution in [0.4, 0.5) is 4.79 Å². The molecule has 3 amide bonds. The third kappa shape index (κ3) is 4.57. The zero-order valence-electron chi connectivity index (χ0n) is 13.6. The Labute approximate surface area is 135 Å². The Kier molecular flexibility index (Phi) is 5.35. The lowest BCUT2D eigenvalue weighted by Crippen LogP contribution is -2.41. The number of amides is 3. The Morgan fingerprint density at radius 2 is 2.00 bits per heavy atom. The number of nitrogens with zero attached hydrogens (tertiary/aromatic N) is 4. The smallest absolute Gasteiger partial charge is 0.317 e. The number of hydrogen-bond donors (Lipinski definition) is 1. The highest BCUT2D eigenvalue weighted by Crippen LogP contribution is 2.11. The molecule has 0 saturated carbocycles. The summed E-state index contributed by atoms with van der Waals surface area (Å²) in [7, 11) is 4.97. The largest absolute Gasteiger partial charge is 0.340 e. The van der Waals surface area contributed by atoms with Gasteiger partial charge < -0.3 is 15.1 Å². The van der Waals surface area contributed by atoms with E-state index in [1.165, 1.54) is 4.90 Å². The van der Waals surface area contributed by atoms with Crippen molar-refractivity contribution in [2.45, 2.75) is 6.54 Å². The molecule has 1 aromatic carbocycles. The van der Waals surface area contributed by atoms with E-state index in [-0.39, 0.29) is 18.5 Å². The fraction of sp³-hybridized carbons (Fsp3) is 0.312. The van der Waals surface area contributed by atoms with Gasteiger partial charge in [0, 0.05) is 40.1 Å². The van der Waals surface area contributed by atoms with Gasteiger partial charge in [-0.2, -0.15) is 5.10 Å². The van der Waals surface area contributed by atoms with E-state index in [1.54, 1.807) is 36.9 Å². The van der Waals surface area contributed by atoms with Crippen LogP contribution in [0.2, 0.25) is 0 Å². The fourth-order valence-corrected chi connectivity index (χ4v) is 2.03. The van der Waals surface area contributed by atoms with E-state index < -0.39 is 0 Å². The summed E-state index contributed by atoms with van der Waals surface area (Å²) in [6.45, 7) is 0.443. The van der Waals surface area contributed by atoms with Crippen LogP contribution in [0.15, 0.2) is 42.7 Å².